The lowest BCUT2D eigenvalue weighted by Crippen LogP contribution is -2.43. The van der Waals surface area contributed by atoms with Gasteiger partial charge in [0.05, 0.1) is 11.3 Å². The summed E-state index contributed by atoms with van der Waals surface area (Å²) in [4.78, 5) is 25.0. The highest BCUT2D eigenvalue weighted by atomic mass is 32.1. The molecule has 1 saturated carbocycles. The van der Waals surface area contributed by atoms with Gasteiger partial charge in [-0.15, -0.1) is 11.3 Å². The minimum absolute atomic E-state index is 0.0746. The predicted molar refractivity (Wildman–Crippen MR) is 79.3 cm³/mol. The normalized spacial score (nSPS) is 16.5. The molecule has 4 nitrogen and oxygen atoms in total. The van der Waals surface area contributed by atoms with Gasteiger partial charge in [0, 0.05) is 11.4 Å². The zero-order valence-electron chi connectivity index (χ0n) is 12.0. The van der Waals surface area contributed by atoms with Crippen molar-refractivity contribution in [3.8, 4) is 0 Å². The van der Waals surface area contributed by atoms with Crippen LogP contribution < -0.4 is 5.32 Å². The van der Waals surface area contributed by atoms with E-state index < -0.39 is 5.97 Å². The largest absolute Gasteiger partial charge is 0.481 e. The Kier molecular flexibility index (Phi) is 4.48. The zero-order valence-corrected chi connectivity index (χ0v) is 12.8. The second-order valence-corrected chi connectivity index (χ2v) is 6.91. The number of carboxylic acids is 1. The summed E-state index contributed by atoms with van der Waals surface area (Å²) < 4.78 is 0. The van der Waals surface area contributed by atoms with Gasteiger partial charge in [-0.25, -0.2) is 0 Å². The van der Waals surface area contributed by atoms with Crippen LogP contribution in [0.1, 0.15) is 52.7 Å². The van der Waals surface area contributed by atoms with E-state index in [0.29, 0.717) is 6.54 Å². The van der Waals surface area contributed by atoms with Crippen molar-refractivity contribution < 1.29 is 14.7 Å². The third-order valence-corrected chi connectivity index (χ3v) is 5.28. The summed E-state index contributed by atoms with van der Waals surface area (Å²) in [5, 5.41) is 11.9. The van der Waals surface area contributed by atoms with E-state index in [1.807, 2.05) is 13.0 Å². The van der Waals surface area contributed by atoms with Gasteiger partial charge < -0.3 is 10.4 Å². The number of hydrogen-bond donors (Lipinski definition) is 2. The fourth-order valence-electron chi connectivity index (χ4n) is 2.75. The number of aliphatic carboxylic acids is 1. The summed E-state index contributed by atoms with van der Waals surface area (Å²) in [6, 6.07) is 1.94. The standard InChI is InChI=1S/C15H21NO3S/c1-3-11-7-12(20-10(11)2)14(19)16-9-15(5-4-6-15)8-13(17)18/h7H,3-6,8-9H2,1-2H3,(H,16,19)(H,17,18). The van der Waals surface area contributed by atoms with E-state index in [1.54, 1.807) is 0 Å². The lowest BCUT2D eigenvalue weighted by atomic mass is 9.66. The molecule has 1 aromatic heterocycles. The van der Waals surface area contributed by atoms with E-state index in [1.165, 1.54) is 21.8 Å². The van der Waals surface area contributed by atoms with Crippen LogP contribution in [-0.2, 0) is 11.2 Å². The maximum atomic E-state index is 12.2. The number of thiophene rings is 1. The van der Waals surface area contributed by atoms with Crippen molar-refractivity contribution in [2.75, 3.05) is 6.54 Å². The van der Waals surface area contributed by atoms with Crippen molar-refractivity contribution >= 4 is 23.2 Å². The molecule has 0 aromatic carbocycles. The first-order chi connectivity index (χ1) is 9.46. The molecule has 1 fully saturated rings. The van der Waals surface area contributed by atoms with E-state index in [-0.39, 0.29) is 17.7 Å². The highest BCUT2D eigenvalue weighted by Gasteiger charge is 2.39. The van der Waals surface area contributed by atoms with E-state index in [0.717, 1.165) is 30.6 Å². The van der Waals surface area contributed by atoms with Crippen LogP contribution in [0.2, 0.25) is 0 Å². The first-order valence-electron chi connectivity index (χ1n) is 7.05. The van der Waals surface area contributed by atoms with Crippen LogP contribution in [-0.4, -0.2) is 23.5 Å². The number of aryl methyl sites for hydroxylation is 2. The fraction of sp³-hybridized carbons (Fsp3) is 0.600. The molecule has 20 heavy (non-hydrogen) atoms. The third-order valence-electron chi connectivity index (χ3n) is 4.19. The zero-order chi connectivity index (χ0) is 14.8. The first kappa shape index (κ1) is 15.0. The first-order valence-corrected chi connectivity index (χ1v) is 7.87. The fourth-order valence-corrected chi connectivity index (χ4v) is 3.78. The third kappa shape index (κ3) is 3.20. The summed E-state index contributed by atoms with van der Waals surface area (Å²) in [6.45, 7) is 4.57. The second kappa shape index (κ2) is 5.95. The van der Waals surface area contributed by atoms with Gasteiger partial charge in [0.1, 0.15) is 0 Å². The van der Waals surface area contributed by atoms with Gasteiger partial charge in [-0.1, -0.05) is 13.3 Å². The van der Waals surface area contributed by atoms with Crippen molar-refractivity contribution in [2.24, 2.45) is 5.41 Å². The molecule has 0 atom stereocenters. The Hall–Kier alpha value is -1.36. The highest BCUT2D eigenvalue weighted by molar-refractivity contribution is 7.14. The SMILES string of the molecule is CCc1cc(C(=O)NCC2(CC(=O)O)CCC2)sc1C. The number of carboxylic acid groups (broad SMARTS) is 1. The van der Waals surface area contributed by atoms with Gasteiger partial charge in [0.2, 0.25) is 0 Å². The van der Waals surface area contributed by atoms with Gasteiger partial charge in [0.15, 0.2) is 0 Å². The average Bonchev–Trinajstić information content (AvgIpc) is 2.73. The number of carbonyl (C=O) groups excluding carboxylic acids is 1. The molecule has 1 aromatic rings. The van der Waals surface area contributed by atoms with Crippen LogP contribution in [0, 0.1) is 12.3 Å². The van der Waals surface area contributed by atoms with E-state index in [9.17, 15) is 9.59 Å². The number of rotatable bonds is 6. The second-order valence-electron chi connectivity index (χ2n) is 5.65. The van der Waals surface area contributed by atoms with Crippen LogP contribution in [0.25, 0.3) is 0 Å². The van der Waals surface area contributed by atoms with Gasteiger partial charge >= 0.3 is 5.97 Å². The van der Waals surface area contributed by atoms with E-state index in [2.05, 4.69) is 12.2 Å². The van der Waals surface area contributed by atoms with Crippen LogP contribution in [0.15, 0.2) is 6.07 Å². The van der Waals surface area contributed by atoms with Crippen LogP contribution in [0.5, 0.6) is 0 Å². The molecular formula is C15H21NO3S. The summed E-state index contributed by atoms with van der Waals surface area (Å²) in [7, 11) is 0. The lowest BCUT2D eigenvalue weighted by Gasteiger charge is -2.40. The monoisotopic (exact) mass is 295 g/mol. The van der Waals surface area contributed by atoms with Gasteiger partial charge in [-0.3, -0.25) is 9.59 Å². The summed E-state index contributed by atoms with van der Waals surface area (Å²) in [6.07, 6.45) is 3.92. The topological polar surface area (TPSA) is 66.4 Å². The molecule has 1 aliphatic carbocycles. The van der Waals surface area contributed by atoms with Crippen LogP contribution >= 0.6 is 11.3 Å². The van der Waals surface area contributed by atoms with Crippen molar-refractivity contribution in [3.63, 3.8) is 0 Å². The van der Waals surface area contributed by atoms with Crippen molar-refractivity contribution in [3.05, 3.63) is 21.4 Å². The Morgan fingerprint density at radius 2 is 2.15 bits per heavy atom. The number of carbonyl (C=O) groups is 2. The Labute approximate surface area is 123 Å². The smallest absolute Gasteiger partial charge is 0.303 e. The molecule has 2 N–H and O–H groups in total. The molecule has 0 bridgehead atoms. The molecule has 0 radical (unpaired) electrons. The predicted octanol–water partition coefficient (Wildman–Crippen LogP) is 2.99. The highest BCUT2D eigenvalue weighted by Crippen LogP contribution is 2.43. The molecule has 2 rings (SSSR count). The summed E-state index contributed by atoms with van der Waals surface area (Å²) in [5.74, 6) is -0.853. The van der Waals surface area contributed by atoms with E-state index in [4.69, 9.17) is 5.11 Å². The van der Waals surface area contributed by atoms with Gasteiger partial charge in [-0.2, -0.15) is 0 Å². The van der Waals surface area contributed by atoms with Crippen molar-refractivity contribution in [2.45, 2.75) is 46.0 Å². The molecule has 1 aliphatic rings. The molecule has 1 heterocycles. The maximum Gasteiger partial charge on any atom is 0.303 e. The Morgan fingerprint density at radius 3 is 2.60 bits per heavy atom. The maximum absolute atomic E-state index is 12.2. The van der Waals surface area contributed by atoms with E-state index >= 15 is 0 Å². The Morgan fingerprint density at radius 1 is 1.45 bits per heavy atom. The van der Waals surface area contributed by atoms with Gasteiger partial charge in [0.25, 0.3) is 5.91 Å². The number of hydrogen-bond acceptors (Lipinski definition) is 3. The molecule has 0 aliphatic heterocycles. The minimum Gasteiger partial charge on any atom is -0.481 e. The quantitative estimate of drug-likeness (QED) is 0.848. The van der Waals surface area contributed by atoms with Crippen LogP contribution in [0.3, 0.4) is 0 Å². The molecule has 0 unspecified atom stereocenters. The summed E-state index contributed by atoms with van der Waals surface area (Å²) in [5.41, 5.74) is 0.991. The molecule has 1 amide bonds. The lowest BCUT2D eigenvalue weighted by molar-refractivity contribution is -0.141. The molecule has 5 heteroatoms. The Balaban J connectivity index is 1.95. The minimum atomic E-state index is -0.779. The molecular weight excluding hydrogens is 274 g/mol. The van der Waals surface area contributed by atoms with Crippen molar-refractivity contribution in [1.82, 2.24) is 5.32 Å². The van der Waals surface area contributed by atoms with Gasteiger partial charge in [-0.05, 0) is 43.2 Å². The summed E-state index contributed by atoms with van der Waals surface area (Å²) >= 11 is 1.51. The molecule has 110 valence electrons. The van der Waals surface area contributed by atoms with Crippen LogP contribution in [0.4, 0.5) is 0 Å². The average molecular weight is 295 g/mol. The number of amides is 1. The molecule has 0 spiro atoms. The Bertz CT molecular complexity index is 517. The number of nitrogens with one attached hydrogen (secondary N) is 1. The van der Waals surface area contributed by atoms with Crippen molar-refractivity contribution in [1.29, 1.82) is 0 Å². The molecule has 0 saturated heterocycles.